The zero-order chi connectivity index (χ0) is 18.9. The molecule has 0 saturated heterocycles. The average Bonchev–Trinajstić information content (AvgIpc) is 3.01. The van der Waals surface area contributed by atoms with E-state index < -0.39 is 11.7 Å². The van der Waals surface area contributed by atoms with Crippen molar-refractivity contribution in [2.24, 2.45) is 0 Å². The fourth-order valence-corrected chi connectivity index (χ4v) is 2.79. The zero-order valence-electron chi connectivity index (χ0n) is 14.7. The van der Waals surface area contributed by atoms with E-state index >= 15 is 0 Å². The molecular weight excluding hydrogens is 337 g/mol. The van der Waals surface area contributed by atoms with Gasteiger partial charge in [-0.15, -0.1) is 0 Å². The highest BCUT2D eigenvalue weighted by molar-refractivity contribution is 5.72. The molecule has 5 heteroatoms. The average molecular weight is 355 g/mol. The van der Waals surface area contributed by atoms with Gasteiger partial charge in [0.2, 0.25) is 0 Å². The number of hydrogen-bond acceptors (Lipinski definition) is 0. The number of hydrogen-bond donors (Lipinski definition) is 0. The standard InChI is InChI=1S/C21H18F3N2/c1-14-7-8-19(9-15(14)2)26-12-17(11-25-3)20(13-26)16-5-4-6-18(10-16)21(22,23)24/h4-10,12-13H,1-3H3/q+1. The Morgan fingerprint density at radius 3 is 2.38 bits per heavy atom. The van der Waals surface area contributed by atoms with E-state index in [1.807, 2.05) is 49.0 Å². The number of aryl methyl sites for hydroxylation is 2. The van der Waals surface area contributed by atoms with E-state index in [2.05, 4.69) is 10.9 Å². The molecule has 0 N–H and O–H groups in total. The summed E-state index contributed by atoms with van der Waals surface area (Å²) in [6, 6.07) is 14.2. The molecular formula is C21H18F3N2+. The molecule has 0 aliphatic carbocycles. The quantitative estimate of drug-likeness (QED) is 0.526. The lowest BCUT2D eigenvalue weighted by atomic mass is 10.0. The molecule has 2 nitrogen and oxygen atoms in total. The normalized spacial score (nSPS) is 11.2. The number of alkyl halides is 3. The fraction of sp³-hybridized carbons (Fsp3) is 0.190. The first-order valence-corrected chi connectivity index (χ1v) is 8.11. The minimum atomic E-state index is -4.38. The van der Waals surface area contributed by atoms with Crippen molar-refractivity contribution in [2.75, 3.05) is 7.05 Å². The molecule has 1 aromatic heterocycles. The number of nitrogens with zero attached hydrogens (tertiary/aromatic N) is 2. The first-order chi connectivity index (χ1) is 12.3. The molecule has 0 saturated carbocycles. The summed E-state index contributed by atoms with van der Waals surface area (Å²) in [6.07, 6.45) is -0.741. The molecule has 26 heavy (non-hydrogen) atoms. The second-order valence-corrected chi connectivity index (χ2v) is 6.18. The Balaban J connectivity index is 2.14. The number of aromatic nitrogens is 1. The van der Waals surface area contributed by atoms with Gasteiger partial charge in [0.05, 0.1) is 5.56 Å². The van der Waals surface area contributed by atoms with Crippen LogP contribution in [0.15, 0.2) is 54.9 Å². The largest absolute Gasteiger partial charge is 0.416 e. The van der Waals surface area contributed by atoms with Crippen LogP contribution in [-0.2, 0) is 6.18 Å². The van der Waals surface area contributed by atoms with Crippen LogP contribution in [0.1, 0.15) is 22.3 Å². The van der Waals surface area contributed by atoms with E-state index in [4.69, 9.17) is 0 Å². The molecule has 0 aliphatic rings. The smallest absolute Gasteiger partial charge is 0.322 e. The van der Waals surface area contributed by atoms with Crippen molar-refractivity contribution in [3.63, 3.8) is 0 Å². The van der Waals surface area contributed by atoms with Crippen molar-refractivity contribution in [2.45, 2.75) is 20.0 Å². The molecule has 3 rings (SSSR count). The minimum Gasteiger partial charge on any atom is -0.322 e. The van der Waals surface area contributed by atoms with Crippen molar-refractivity contribution >= 4 is 0 Å². The Morgan fingerprint density at radius 1 is 0.962 bits per heavy atom. The van der Waals surface area contributed by atoms with Gasteiger partial charge >= 0.3 is 12.2 Å². The summed E-state index contributed by atoms with van der Waals surface area (Å²) in [5, 5.41) is 0. The van der Waals surface area contributed by atoms with E-state index in [0.717, 1.165) is 23.4 Å². The van der Waals surface area contributed by atoms with Gasteiger partial charge < -0.3 is 4.57 Å². The van der Waals surface area contributed by atoms with Gasteiger partial charge in [-0.1, -0.05) is 23.0 Å². The van der Waals surface area contributed by atoms with Crippen LogP contribution >= 0.6 is 0 Å². The summed E-state index contributed by atoms with van der Waals surface area (Å²) >= 11 is 0. The molecule has 132 valence electrons. The highest BCUT2D eigenvalue weighted by Gasteiger charge is 2.30. The molecule has 0 fully saturated rings. The second kappa shape index (κ2) is 6.72. The van der Waals surface area contributed by atoms with Crippen LogP contribution in [0, 0.1) is 19.9 Å². The van der Waals surface area contributed by atoms with Crippen molar-refractivity contribution < 1.29 is 13.2 Å². The molecule has 0 radical (unpaired) electrons. The van der Waals surface area contributed by atoms with E-state index in [-0.39, 0.29) is 0 Å². The highest BCUT2D eigenvalue weighted by Crippen LogP contribution is 2.34. The van der Waals surface area contributed by atoms with E-state index in [1.165, 1.54) is 11.6 Å². The molecule has 0 bridgehead atoms. The molecule has 0 amide bonds. The van der Waals surface area contributed by atoms with Crippen LogP contribution in [0.2, 0.25) is 0 Å². The SMILES string of the molecule is C[N+]#Cc1cn(-c2ccc(C)c(C)c2)cc1-c1cccc(C(F)(F)F)c1. The third-order valence-electron chi connectivity index (χ3n) is 4.35. The van der Waals surface area contributed by atoms with Crippen LogP contribution in [0.5, 0.6) is 0 Å². The Labute approximate surface area is 150 Å². The number of benzene rings is 2. The number of halogens is 3. The third-order valence-corrected chi connectivity index (χ3v) is 4.35. The Kier molecular flexibility index (Phi) is 4.60. The van der Waals surface area contributed by atoms with Crippen LogP contribution in [0.4, 0.5) is 13.2 Å². The molecule has 3 aromatic rings. The lowest BCUT2D eigenvalue weighted by Gasteiger charge is -2.08. The Bertz CT molecular complexity index is 1020. The van der Waals surface area contributed by atoms with E-state index in [9.17, 15) is 13.2 Å². The van der Waals surface area contributed by atoms with E-state index in [1.54, 1.807) is 13.1 Å². The summed E-state index contributed by atoms with van der Waals surface area (Å²) in [5.74, 6) is 0. The maximum Gasteiger partial charge on any atom is 0.416 e. The van der Waals surface area contributed by atoms with Gasteiger partial charge in [0.1, 0.15) is 5.56 Å². The summed E-state index contributed by atoms with van der Waals surface area (Å²) in [5.41, 5.74) is 4.37. The van der Waals surface area contributed by atoms with Gasteiger partial charge in [-0.25, -0.2) is 0 Å². The van der Waals surface area contributed by atoms with Crippen LogP contribution in [0.3, 0.4) is 0 Å². The van der Waals surface area contributed by atoms with Crippen LogP contribution in [-0.4, -0.2) is 11.6 Å². The third kappa shape index (κ3) is 3.50. The van der Waals surface area contributed by atoms with Gasteiger partial charge in [-0.2, -0.15) is 13.2 Å². The predicted molar refractivity (Wildman–Crippen MR) is 98.0 cm³/mol. The predicted octanol–water partition coefficient (Wildman–Crippen LogP) is 6.09. The summed E-state index contributed by atoms with van der Waals surface area (Å²) in [4.78, 5) is 3.92. The first kappa shape index (κ1) is 17.8. The molecule has 2 aromatic carbocycles. The highest BCUT2D eigenvalue weighted by atomic mass is 19.4. The lowest BCUT2D eigenvalue weighted by molar-refractivity contribution is -0.137. The number of rotatable bonds is 2. The van der Waals surface area contributed by atoms with Gasteiger partial charge in [0, 0.05) is 23.6 Å². The summed E-state index contributed by atoms with van der Waals surface area (Å²) in [6.45, 7) is 4.06. The van der Waals surface area contributed by atoms with E-state index in [0.29, 0.717) is 16.7 Å². The molecule has 0 unspecified atom stereocenters. The van der Waals surface area contributed by atoms with Crippen molar-refractivity contribution in [3.05, 3.63) is 82.0 Å². The Hall–Kier alpha value is -3.00. The van der Waals surface area contributed by atoms with Gasteiger partial charge in [-0.3, -0.25) is 0 Å². The maximum atomic E-state index is 13.0. The minimum absolute atomic E-state index is 0.480. The molecule has 0 aliphatic heterocycles. The zero-order valence-corrected chi connectivity index (χ0v) is 14.7. The maximum absolute atomic E-state index is 13.0. The van der Waals surface area contributed by atoms with Crippen LogP contribution in [0.25, 0.3) is 21.7 Å². The lowest BCUT2D eigenvalue weighted by Crippen LogP contribution is -2.04. The molecule has 1 heterocycles. The fourth-order valence-electron chi connectivity index (χ4n) is 2.79. The van der Waals surface area contributed by atoms with Crippen molar-refractivity contribution in [1.82, 2.24) is 4.57 Å². The topological polar surface area (TPSA) is 9.29 Å². The molecule has 0 spiro atoms. The molecule has 0 atom stereocenters. The van der Waals surface area contributed by atoms with Crippen molar-refractivity contribution in [3.8, 4) is 22.9 Å². The summed E-state index contributed by atoms with van der Waals surface area (Å²) < 4.78 is 41.0. The monoisotopic (exact) mass is 355 g/mol. The van der Waals surface area contributed by atoms with Gasteiger partial charge in [-0.05, 0) is 54.8 Å². The Morgan fingerprint density at radius 2 is 1.73 bits per heavy atom. The van der Waals surface area contributed by atoms with Gasteiger partial charge in [0.25, 0.3) is 7.05 Å². The van der Waals surface area contributed by atoms with Gasteiger partial charge in [0.15, 0.2) is 0 Å². The van der Waals surface area contributed by atoms with Crippen LogP contribution < -0.4 is 0 Å². The summed E-state index contributed by atoms with van der Waals surface area (Å²) in [7, 11) is 1.59. The first-order valence-electron chi connectivity index (χ1n) is 8.11. The van der Waals surface area contributed by atoms with Crippen molar-refractivity contribution in [1.29, 1.82) is 0 Å². The second-order valence-electron chi connectivity index (χ2n) is 6.18.